The second-order valence-electron chi connectivity index (χ2n) is 3.69. The molecule has 5 nitrogen and oxygen atoms in total. The maximum absolute atomic E-state index is 10.7. The Labute approximate surface area is 108 Å². The van der Waals surface area contributed by atoms with Gasteiger partial charge in [-0.05, 0) is 24.6 Å². The van der Waals surface area contributed by atoms with Crippen molar-refractivity contribution in [2.75, 3.05) is 7.11 Å². The highest BCUT2D eigenvalue weighted by molar-refractivity contribution is 6.32. The number of benzene rings is 1. The summed E-state index contributed by atoms with van der Waals surface area (Å²) < 4.78 is 9.83. The van der Waals surface area contributed by atoms with Crippen LogP contribution in [0.15, 0.2) is 22.7 Å². The quantitative estimate of drug-likeness (QED) is 0.925. The zero-order valence-corrected chi connectivity index (χ0v) is 10.5. The first kappa shape index (κ1) is 12.4. The van der Waals surface area contributed by atoms with E-state index in [9.17, 15) is 4.79 Å². The standard InChI is InChI=1S/C12H10ClNO4/c1-6-3-7(4-8(13)11(6)17-2)9-5-10(12(15)16)18-14-9/h3-5H,1-2H3,(H,15,16). The molecule has 0 saturated carbocycles. The Bertz CT molecular complexity index is 583. The lowest BCUT2D eigenvalue weighted by atomic mass is 10.1. The minimum Gasteiger partial charge on any atom is -0.495 e. The maximum Gasteiger partial charge on any atom is 0.374 e. The molecule has 1 heterocycles. The number of halogens is 1. The molecule has 2 rings (SSSR count). The van der Waals surface area contributed by atoms with Crippen LogP contribution in [-0.4, -0.2) is 23.3 Å². The normalized spacial score (nSPS) is 10.4. The molecule has 0 amide bonds. The predicted octanol–water partition coefficient (Wildman–Crippen LogP) is 3.01. The van der Waals surface area contributed by atoms with Crippen LogP contribution in [0.2, 0.25) is 5.02 Å². The Morgan fingerprint density at radius 3 is 2.67 bits per heavy atom. The summed E-state index contributed by atoms with van der Waals surface area (Å²) in [6, 6.07) is 4.80. The van der Waals surface area contributed by atoms with Crippen molar-refractivity contribution in [2.45, 2.75) is 6.92 Å². The molecule has 0 fully saturated rings. The number of aryl methyl sites for hydroxylation is 1. The largest absolute Gasteiger partial charge is 0.495 e. The Morgan fingerprint density at radius 1 is 1.44 bits per heavy atom. The van der Waals surface area contributed by atoms with Crippen LogP contribution in [0.5, 0.6) is 5.75 Å². The van der Waals surface area contributed by atoms with E-state index in [0.717, 1.165) is 5.56 Å². The first-order valence-electron chi connectivity index (χ1n) is 5.07. The predicted molar refractivity (Wildman–Crippen MR) is 65.2 cm³/mol. The summed E-state index contributed by atoms with van der Waals surface area (Å²) in [6.45, 7) is 1.84. The van der Waals surface area contributed by atoms with Crippen LogP contribution in [0.1, 0.15) is 16.1 Å². The van der Waals surface area contributed by atoms with E-state index in [0.29, 0.717) is 22.0 Å². The van der Waals surface area contributed by atoms with Crippen LogP contribution in [0, 0.1) is 6.92 Å². The van der Waals surface area contributed by atoms with Crippen LogP contribution < -0.4 is 4.74 Å². The van der Waals surface area contributed by atoms with Gasteiger partial charge >= 0.3 is 5.97 Å². The molecule has 0 aliphatic carbocycles. The molecule has 0 saturated heterocycles. The van der Waals surface area contributed by atoms with Crippen LogP contribution in [0.25, 0.3) is 11.3 Å². The molecular formula is C12H10ClNO4. The molecule has 0 atom stereocenters. The second kappa shape index (κ2) is 4.70. The molecular weight excluding hydrogens is 258 g/mol. The average Bonchev–Trinajstić information content (AvgIpc) is 2.77. The number of aromatic nitrogens is 1. The lowest BCUT2D eigenvalue weighted by Crippen LogP contribution is -1.92. The van der Waals surface area contributed by atoms with Crippen molar-refractivity contribution in [1.29, 1.82) is 0 Å². The van der Waals surface area contributed by atoms with E-state index in [2.05, 4.69) is 5.16 Å². The second-order valence-corrected chi connectivity index (χ2v) is 4.10. The molecule has 1 aromatic carbocycles. The van der Waals surface area contributed by atoms with E-state index in [-0.39, 0.29) is 5.76 Å². The van der Waals surface area contributed by atoms with Gasteiger partial charge in [-0.2, -0.15) is 0 Å². The molecule has 0 aliphatic heterocycles. The van der Waals surface area contributed by atoms with Crippen molar-refractivity contribution >= 4 is 17.6 Å². The number of carbonyl (C=O) groups is 1. The number of aromatic carboxylic acids is 1. The van der Waals surface area contributed by atoms with Crippen molar-refractivity contribution in [2.24, 2.45) is 0 Å². The van der Waals surface area contributed by atoms with Crippen LogP contribution in [0.3, 0.4) is 0 Å². The van der Waals surface area contributed by atoms with Crippen LogP contribution >= 0.6 is 11.6 Å². The average molecular weight is 268 g/mol. The smallest absolute Gasteiger partial charge is 0.374 e. The van der Waals surface area contributed by atoms with E-state index in [1.807, 2.05) is 6.92 Å². The lowest BCUT2D eigenvalue weighted by molar-refractivity contribution is 0.0652. The molecule has 2 aromatic rings. The fourth-order valence-electron chi connectivity index (χ4n) is 1.65. The Morgan fingerprint density at radius 2 is 2.17 bits per heavy atom. The van der Waals surface area contributed by atoms with Gasteiger partial charge in [0.2, 0.25) is 5.76 Å². The highest BCUT2D eigenvalue weighted by atomic mass is 35.5. The molecule has 18 heavy (non-hydrogen) atoms. The fraction of sp³-hybridized carbons (Fsp3) is 0.167. The molecule has 1 aromatic heterocycles. The summed E-state index contributed by atoms with van der Waals surface area (Å²) in [5.74, 6) is -0.790. The van der Waals surface area contributed by atoms with Crippen molar-refractivity contribution < 1.29 is 19.2 Å². The van der Waals surface area contributed by atoms with E-state index >= 15 is 0 Å². The topological polar surface area (TPSA) is 72.6 Å². The molecule has 0 radical (unpaired) electrons. The number of ether oxygens (including phenoxy) is 1. The van der Waals surface area contributed by atoms with Gasteiger partial charge in [-0.1, -0.05) is 16.8 Å². The van der Waals surface area contributed by atoms with Crippen molar-refractivity contribution in [1.82, 2.24) is 5.16 Å². The van der Waals surface area contributed by atoms with Gasteiger partial charge in [0.1, 0.15) is 11.4 Å². The summed E-state index contributed by atoms with van der Waals surface area (Å²) in [5, 5.41) is 12.9. The van der Waals surface area contributed by atoms with Gasteiger partial charge in [0.05, 0.1) is 12.1 Å². The van der Waals surface area contributed by atoms with Gasteiger partial charge in [0, 0.05) is 11.6 Å². The van der Waals surface area contributed by atoms with Crippen LogP contribution in [0.4, 0.5) is 0 Å². The number of carboxylic acid groups (broad SMARTS) is 1. The van der Waals surface area contributed by atoms with Gasteiger partial charge in [-0.15, -0.1) is 0 Å². The van der Waals surface area contributed by atoms with Gasteiger partial charge in [0.15, 0.2) is 0 Å². The van der Waals surface area contributed by atoms with Gasteiger partial charge in [-0.3, -0.25) is 0 Å². The Kier molecular flexibility index (Phi) is 3.25. The molecule has 6 heteroatoms. The summed E-state index contributed by atoms with van der Waals surface area (Å²) >= 11 is 6.05. The lowest BCUT2D eigenvalue weighted by Gasteiger charge is -2.08. The summed E-state index contributed by atoms with van der Waals surface area (Å²) in [4.78, 5) is 10.7. The SMILES string of the molecule is COc1c(C)cc(-c2cc(C(=O)O)on2)cc1Cl. The molecule has 0 aliphatic rings. The number of hydrogen-bond acceptors (Lipinski definition) is 4. The third-order valence-electron chi connectivity index (χ3n) is 2.45. The summed E-state index contributed by atoms with van der Waals surface area (Å²) in [6.07, 6.45) is 0. The number of nitrogens with zero attached hydrogens (tertiary/aromatic N) is 1. The molecule has 0 bridgehead atoms. The monoisotopic (exact) mass is 267 g/mol. The van der Waals surface area contributed by atoms with Gasteiger partial charge in [-0.25, -0.2) is 4.79 Å². The number of methoxy groups -OCH3 is 1. The molecule has 0 unspecified atom stereocenters. The highest BCUT2D eigenvalue weighted by Crippen LogP contribution is 2.33. The van der Waals surface area contributed by atoms with Gasteiger partial charge < -0.3 is 14.4 Å². The number of carboxylic acids is 1. The Hall–Kier alpha value is -2.01. The van der Waals surface area contributed by atoms with Crippen molar-refractivity contribution in [3.63, 3.8) is 0 Å². The molecule has 1 N–H and O–H groups in total. The van der Waals surface area contributed by atoms with E-state index in [1.54, 1.807) is 12.1 Å². The fourth-order valence-corrected chi connectivity index (χ4v) is 1.99. The van der Waals surface area contributed by atoms with Crippen molar-refractivity contribution in [3.05, 3.63) is 34.5 Å². The Balaban J connectivity index is 2.47. The highest BCUT2D eigenvalue weighted by Gasteiger charge is 2.14. The summed E-state index contributed by atoms with van der Waals surface area (Å²) in [7, 11) is 1.53. The van der Waals surface area contributed by atoms with E-state index in [4.69, 9.17) is 26.0 Å². The van der Waals surface area contributed by atoms with Gasteiger partial charge in [0.25, 0.3) is 0 Å². The minimum atomic E-state index is -1.16. The van der Waals surface area contributed by atoms with E-state index < -0.39 is 5.97 Å². The zero-order chi connectivity index (χ0) is 13.3. The van der Waals surface area contributed by atoms with Crippen molar-refractivity contribution in [3.8, 4) is 17.0 Å². The third kappa shape index (κ3) is 2.17. The first-order chi connectivity index (χ1) is 8.52. The molecule has 94 valence electrons. The number of rotatable bonds is 3. The maximum atomic E-state index is 10.7. The zero-order valence-electron chi connectivity index (χ0n) is 9.73. The number of hydrogen-bond donors (Lipinski definition) is 1. The molecule has 0 spiro atoms. The van der Waals surface area contributed by atoms with E-state index in [1.165, 1.54) is 13.2 Å². The third-order valence-corrected chi connectivity index (χ3v) is 2.73. The minimum absolute atomic E-state index is 0.213. The van der Waals surface area contributed by atoms with Crippen LogP contribution in [-0.2, 0) is 0 Å². The first-order valence-corrected chi connectivity index (χ1v) is 5.45. The summed E-state index contributed by atoms with van der Waals surface area (Å²) in [5.41, 5.74) is 1.93.